The summed E-state index contributed by atoms with van der Waals surface area (Å²) >= 11 is 0. The first-order valence-electron chi connectivity index (χ1n) is 10.9. The molecule has 0 spiro atoms. The number of carboxylic acids is 2. The molecule has 1 unspecified atom stereocenters. The van der Waals surface area contributed by atoms with Gasteiger partial charge in [0.1, 0.15) is 0 Å². The Balaban J connectivity index is 4.97. The maximum atomic E-state index is 12.4. The zero-order chi connectivity index (χ0) is 19.8. The molecule has 0 aromatic heterocycles. The number of aliphatic carboxylic acids is 2. The topological polar surface area (TPSA) is 74.6 Å². The van der Waals surface area contributed by atoms with Gasteiger partial charge >= 0.3 is 11.9 Å². The van der Waals surface area contributed by atoms with Crippen molar-refractivity contribution in [1.82, 2.24) is 0 Å². The summed E-state index contributed by atoms with van der Waals surface area (Å²) in [5.41, 5.74) is -0.567. The number of hydrogen-bond donors (Lipinski definition) is 2. The molecule has 0 saturated heterocycles. The molecule has 1 atom stereocenters. The quantitative estimate of drug-likeness (QED) is 0.264. The van der Waals surface area contributed by atoms with E-state index in [2.05, 4.69) is 20.8 Å². The zero-order valence-electron chi connectivity index (χ0n) is 17.4. The van der Waals surface area contributed by atoms with Crippen molar-refractivity contribution in [1.29, 1.82) is 0 Å². The maximum Gasteiger partial charge on any atom is 0.309 e. The van der Waals surface area contributed by atoms with E-state index in [1.807, 2.05) is 0 Å². The van der Waals surface area contributed by atoms with E-state index >= 15 is 0 Å². The minimum atomic E-state index is -0.727. The highest BCUT2D eigenvalue weighted by Gasteiger charge is 2.43. The number of carboxylic acid groups (broad SMARTS) is 2. The van der Waals surface area contributed by atoms with Crippen LogP contribution < -0.4 is 0 Å². The second kappa shape index (κ2) is 15.0. The lowest BCUT2D eigenvalue weighted by molar-refractivity contribution is -0.155. The van der Waals surface area contributed by atoms with Crippen molar-refractivity contribution in [2.24, 2.45) is 11.3 Å². The van der Waals surface area contributed by atoms with Crippen molar-refractivity contribution in [3.05, 3.63) is 0 Å². The molecule has 0 saturated carbocycles. The summed E-state index contributed by atoms with van der Waals surface area (Å²) in [7, 11) is 0. The van der Waals surface area contributed by atoms with Gasteiger partial charge in [0, 0.05) is 6.42 Å². The molecule has 0 bridgehead atoms. The van der Waals surface area contributed by atoms with Gasteiger partial charge in [-0.3, -0.25) is 9.59 Å². The van der Waals surface area contributed by atoms with Gasteiger partial charge in [-0.25, -0.2) is 0 Å². The predicted octanol–water partition coefficient (Wildman–Crippen LogP) is 6.67. The third-order valence-electron chi connectivity index (χ3n) is 5.76. The normalized spacial score (nSPS) is 12.9. The van der Waals surface area contributed by atoms with Gasteiger partial charge in [-0.2, -0.15) is 0 Å². The van der Waals surface area contributed by atoms with Gasteiger partial charge in [0.2, 0.25) is 0 Å². The van der Waals surface area contributed by atoms with Crippen molar-refractivity contribution < 1.29 is 19.8 Å². The van der Waals surface area contributed by atoms with Gasteiger partial charge in [-0.15, -0.1) is 0 Å². The summed E-state index contributed by atoms with van der Waals surface area (Å²) in [5.74, 6) is -1.07. The fourth-order valence-electron chi connectivity index (χ4n) is 4.07. The van der Waals surface area contributed by atoms with Crippen molar-refractivity contribution >= 4 is 11.9 Å². The van der Waals surface area contributed by atoms with E-state index in [1.165, 1.54) is 0 Å². The highest BCUT2D eigenvalue weighted by atomic mass is 16.4. The smallest absolute Gasteiger partial charge is 0.309 e. The molecule has 0 fully saturated rings. The van der Waals surface area contributed by atoms with Crippen LogP contribution in [0.5, 0.6) is 0 Å². The van der Waals surface area contributed by atoms with Crippen LogP contribution in [0.15, 0.2) is 0 Å². The Labute approximate surface area is 160 Å². The average molecular weight is 371 g/mol. The summed E-state index contributed by atoms with van der Waals surface area (Å²) in [4.78, 5) is 23.0. The third kappa shape index (κ3) is 9.59. The second-order valence-corrected chi connectivity index (χ2v) is 7.85. The summed E-state index contributed by atoms with van der Waals surface area (Å²) in [5, 5.41) is 18.9. The first-order chi connectivity index (χ1) is 12.4. The zero-order valence-corrected chi connectivity index (χ0v) is 17.4. The summed E-state index contributed by atoms with van der Waals surface area (Å²) < 4.78 is 0. The largest absolute Gasteiger partial charge is 0.481 e. The molecule has 0 amide bonds. The highest BCUT2D eigenvalue weighted by Crippen LogP contribution is 2.44. The Bertz CT molecular complexity index is 370. The molecule has 0 aliphatic carbocycles. The molecule has 4 nitrogen and oxygen atoms in total. The Morgan fingerprint density at radius 3 is 1.69 bits per heavy atom. The van der Waals surface area contributed by atoms with Gasteiger partial charge in [-0.05, 0) is 38.0 Å². The van der Waals surface area contributed by atoms with E-state index in [4.69, 9.17) is 5.11 Å². The van der Waals surface area contributed by atoms with Crippen LogP contribution in [0.25, 0.3) is 0 Å². The molecule has 0 aromatic carbocycles. The van der Waals surface area contributed by atoms with Crippen molar-refractivity contribution in [3.63, 3.8) is 0 Å². The lowest BCUT2D eigenvalue weighted by Gasteiger charge is -2.38. The monoisotopic (exact) mass is 370 g/mol. The van der Waals surface area contributed by atoms with Gasteiger partial charge in [-0.1, -0.05) is 78.6 Å². The van der Waals surface area contributed by atoms with Crippen LogP contribution in [0.3, 0.4) is 0 Å². The lowest BCUT2D eigenvalue weighted by atomic mass is 9.65. The van der Waals surface area contributed by atoms with E-state index in [-0.39, 0.29) is 12.3 Å². The van der Waals surface area contributed by atoms with Crippen LogP contribution in [0, 0.1) is 11.3 Å². The number of carbonyl (C=O) groups is 2. The van der Waals surface area contributed by atoms with E-state index in [9.17, 15) is 14.7 Å². The van der Waals surface area contributed by atoms with Crippen molar-refractivity contribution in [2.45, 2.75) is 117 Å². The molecule has 0 rings (SSSR count). The SMILES string of the molecule is CCCCC(CCCCCCC(=O)O)C(CCCC)(CCCC)C(=O)O. The van der Waals surface area contributed by atoms with Crippen LogP contribution in [0.4, 0.5) is 0 Å². The van der Waals surface area contributed by atoms with Crippen LogP contribution >= 0.6 is 0 Å². The molecular weight excluding hydrogens is 328 g/mol. The fraction of sp³-hybridized carbons (Fsp3) is 0.909. The van der Waals surface area contributed by atoms with Crippen LogP contribution in [0.2, 0.25) is 0 Å². The summed E-state index contributed by atoms with van der Waals surface area (Å²) in [6.07, 6.45) is 13.7. The van der Waals surface area contributed by atoms with E-state index in [0.717, 1.165) is 89.9 Å². The van der Waals surface area contributed by atoms with Gasteiger partial charge in [0.15, 0.2) is 0 Å². The fourth-order valence-corrected chi connectivity index (χ4v) is 4.07. The Hall–Kier alpha value is -1.06. The second-order valence-electron chi connectivity index (χ2n) is 7.85. The maximum absolute atomic E-state index is 12.4. The van der Waals surface area contributed by atoms with Crippen LogP contribution in [0.1, 0.15) is 117 Å². The number of rotatable bonds is 18. The minimum Gasteiger partial charge on any atom is -0.481 e. The van der Waals surface area contributed by atoms with E-state index < -0.39 is 17.4 Å². The Morgan fingerprint density at radius 1 is 0.731 bits per heavy atom. The standard InChI is InChI=1S/C22H42O4/c1-4-7-14-19(15-12-10-11-13-16-20(23)24)22(21(25)26,17-8-5-2)18-9-6-3/h19H,4-18H2,1-3H3,(H,23,24)(H,25,26). The lowest BCUT2D eigenvalue weighted by Crippen LogP contribution is -2.39. The molecule has 2 N–H and O–H groups in total. The molecule has 4 heteroatoms. The molecule has 0 aromatic rings. The first kappa shape index (κ1) is 24.9. The molecule has 26 heavy (non-hydrogen) atoms. The van der Waals surface area contributed by atoms with E-state index in [0.29, 0.717) is 0 Å². The van der Waals surface area contributed by atoms with Crippen molar-refractivity contribution in [3.8, 4) is 0 Å². The number of unbranched alkanes of at least 4 members (excludes halogenated alkanes) is 6. The van der Waals surface area contributed by atoms with Crippen LogP contribution in [-0.4, -0.2) is 22.2 Å². The molecule has 0 aliphatic rings. The van der Waals surface area contributed by atoms with Gasteiger partial charge < -0.3 is 10.2 Å². The minimum absolute atomic E-state index is 0.241. The molecular formula is C22H42O4. The molecule has 0 radical (unpaired) electrons. The van der Waals surface area contributed by atoms with Gasteiger partial charge in [0.25, 0.3) is 0 Å². The average Bonchev–Trinajstić information content (AvgIpc) is 2.60. The molecule has 0 heterocycles. The first-order valence-corrected chi connectivity index (χ1v) is 10.9. The van der Waals surface area contributed by atoms with Gasteiger partial charge in [0.05, 0.1) is 5.41 Å². The predicted molar refractivity (Wildman–Crippen MR) is 107 cm³/mol. The number of hydrogen-bond acceptors (Lipinski definition) is 2. The highest BCUT2D eigenvalue weighted by molar-refractivity contribution is 5.75. The van der Waals surface area contributed by atoms with Crippen LogP contribution in [-0.2, 0) is 9.59 Å². The summed E-state index contributed by atoms with van der Waals surface area (Å²) in [6.45, 7) is 6.44. The molecule has 154 valence electrons. The third-order valence-corrected chi connectivity index (χ3v) is 5.76. The van der Waals surface area contributed by atoms with E-state index in [1.54, 1.807) is 0 Å². The Morgan fingerprint density at radius 2 is 1.23 bits per heavy atom. The summed E-state index contributed by atoms with van der Waals surface area (Å²) in [6, 6.07) is 0. The van der Waals surface area contributed by atoms with Crippen molar-refractivity contribution in [2.75, 3.05) is 0 Å². The Kier molecular flexibility index (Phi) is 14.4. The molecule has 0 aliphatic heterocycles.